The molecule has 2 heterocycles. The van der Waals surface area contributed by atoms with E-state index in [-0.39, 0.29) is 0 Å². The standard InChI is InChI=1S/C15H11N3/c1-2-4-12-10(3-1)7-11-8-15(16-9-13(11)12)14-5-6-17-18-14/h1-6,8-9H,7H2,(H,17,18). The molecule has 1 aliphatic carbocycles. The highest BCUT2D eigenvalue weighted by Gasteiger charge is 2.18. The quantitative estimate of drug-likeness (QED) is 0.549. The second-order valence-corrected chi connectivity index (χ2v) is 4.53. The topological polar surface area (TPSA) is 41.6 Å². The van der Waals surface area contributed by atoms with Crippen molar-refractivity contribution < 1.29 is 0 Å². The molecule has 3 aromatic rings. The van der Waals surface area contributed by atoms with E-state index in [2.05, 4.69) is 45.5 Å². The van der Waals surface area contributed by atoms with Crippen molar-refractivity contribution in [1.82, 2.24) is 15.2 Å². The van der Waals surface area contributed by atoms with Crippen molar-refractivity contribution in [1.29, 1.82) is 0 Å². The fourth-order valence-electron chi connectivity index (χ4n) is 2.57. The van der Waals surface area contributed by atoms with E-state index in [4.69, 9.17) is 0 Å². The van der Waals surface area contributed by atoms with Gasteiger partial charge in [-0.05, 0) is 35.2 Å². The molecule has 2 aromatic heterocycles. The SMILES string of the molecule is c1ccc2c(c1)Cc1cc(-c3ccn[nH]3)ncc1-2. The minimum absolute atomic E-state index is 0.957. The Morgan fingerprint density at radius 3 is 2.83 bits per heavy atom. The van der Waals surface area contributed by atoms with Gasteiger partial charge in [-0.3, -0.25) is 10.1 Å². The summed E-state index contributed by atoms with van der Waals surface area (Å²) in [7, 11) is 0. The third-order valence-electron chi connectivity index (χ3n) is 3.45. The second kappa shape index (κ2) is 3.53. The molecule has 18 heavy (non-hydrogen) atoms. The van der Waals surface area contributed by atoms with Crippen LogP contribution in [0.1, 0.15) is 11.1 Å². The molecule has 86 valence electrons. The molecule has 0 unspecified atom stereocenters. The summed E-state index contributed by atoms with van der Waals surface area (Å²) < 4.78 is 0. The predicted molar refractivity (Wildman–Crippen MR) is 70.1 cm³/mol. The molecule has 0 amide bonds. The molecule has 0 bridgehead atoms. The molecule has 0 spiro atoms. The Hall–Kier alpha value is -2.42. The van der Waals surface area contributed by atoms with E-state index < -0.39 is 0 Å². The lowest BCUT2D eigenvalue weighted by Crippen LogP contribution is -1.88. The summed E-state index contributed by atoms with van der Waals surface area (Å²) >= 11 is 0. The highest BCUT2D eigenvalue weighted by Crippen LogP contribution is 2.36. The second-order valence-electron chi connectivity index (χ2n) is 4.53. The van der Waals surface area contributed by atoms with Crippen LogP contribution in [0.5, 0.6) is 0 Å². The molecule has 3 heteroatoms. The van der Waals surface area contributed by atoms with Crippen molar-refractivity contribution in [2.24, 2.45) is 0 Å². The number of hydrogen-bond acceptors (Lipinski definition) is 2. The van der Waals surface area contributed by atoms with Crippen LogP contribution in [0.25, 0.3) is 22.5 Å². The van der Waals surface area contributed by atoms with E-state index in [0.717, 1.165) is 17.8 Å². The van der Waals surface area contributed by atoms with Crippen LogP contribution in [0.3, 0.4) is 0 Å². The number of rotatable bonds is 1. The molecular weight excluding hydrogens is 222 g/mol. The molecular formula is C15H11N3. The van der Waals surface area contributed by atoms with Gasteiger partial charge in [-0.2, -0.15) is 5.10 Å². The monoisotopic (exact) mass is 233 g/mol. The summed E-state index contributed by atoms with van der Waals surface area (Å²) in [6.45, 7) is 0. The normalized spacial score (nSPS) is 12.2. The Balaban J connectivity index is 1.87. The number of nitrogens with zero attached hydrogens (tertiary/aromatic N) is 2. The highest BCUT2D eigenvalue weighted by atomic mass is 15.1. The van der Waals surface area contributed by atoms with Crippen LogP contribution >= 0.6 is 0 Å². The first-order chi connectivity index (χ1) is 8.92. The summed E-state index contributed by atoms with van der Waals surface area (Å²) in [6.07, 6.45) is 4.71. The maximum absolute atomic E-state index is 4.52. The van der Waals surface area contributed by atoms with Gasteiger partial charge in [0.1, 0.15) is 0 Å². The number of pyridine rings is 1. The third kappa shape index (κ3) is 1.31. The predicted octanol–water partition coefficient (Wildman–Crippen LogP) is 3.04. The average Bonchev–Trinajstić information content (AvgIpc) is 3.05. The van der Waals surface area contributed by atoms with Crippen LogP contribution in [-0.4, -0.2) is 15.2 Å². The minimum atomic E-state index is 0.957. The van der Waals surface area contributed by atoms with E-state index in [1.807, 2.05) is 12.3 Å². The maximum Gasteiger partial charge on any atom is 0.0883 e. The van der Waals surface area contributed by atoms with Gasteiger partial charge in [0.15, 0.2) is 0 Å². The van der Waals surface area contributed by atoms with Crippen molar-refractivity contribution in [3.63, 3.8) is 0 Å². The van der Waals surface area contributed by atoms with Gasteiger partial charge in [0, 0.05) is 18.0 Å². The molecule has 0 saturated carbocycles. The molecule has 1 aromatic carbocycles. The van der Waals surface area contributed by atoms with Crippen molar-refractivity contribution in [3.05, 3.63) is 59.9 Å². The van der Waals surface area contributed by atoms with E-state index in [1.54, 1.807) is 6.20 Å². The zero-order valence-corrected chi connectivity index (χ0v) is 9.72. The molecule has 0 aliphatic heterocycles. The van der Waals surface area contributed by atoms with Crippen LogP contribution in [0.4, 0.5) is 0 Å². The fraction of sp³-hybridized carbons (Fsp3) is 0.0667. The van der Waals surface area contributed by atoms with Crippen molar-refractivity contribution in [3.8, 4) is 22.5 Å². The first kappa shape index (κ1) is 9.59. The molecule has 0 saturated heterocycles. The number of nitrogens with one attached hydrogen (secondary N) is 1. The molecule has 1 N–H and O–H groups in total. The zero-order chi connectivity index (χ0) is 11.9. The van der Waals surface area contributed by atoms with Gasteiger partial charge < -0.3 is 0 Å². The number of hydrogen-bond donors (Lipinski definition) is 1. The Morgan fingerprint density at radius 1 is 1.00 bits per heavy atom. The summed E-state index contributed by atoms with van der Waals surface area (Å²) in [6, 6.07) is 12.6. The molecule has 0 fully saturated rings. The first-order valence-corrected chi connectivity index (χ1v) is 5.99. The summed E-state index contributed by atoms with van der Waals surface area (Å²) in [5.74, 6) is 0. The van der Waals surface area contributed by atoms with Gasteiger partial charge in [0.2, 0.25) is 0 Å². The molecule has 0 atom stereocenters. The largest absolute Gasteiger partial charge is 0.276 e. The zero-order valence-electron chi connectivity index (χ0n) is 9.72. The number of aromatic amines is 1. The van der Waals surface area contributed by atoms with Gasteiger partial charge in [-0.1, -0.05) is 24.3 Å². The molecule has 0 radical (unpaired) electrons. The van der Waals surface area contributed by atoms with Crippen LogP contribution < -0.4 is 0 Å². The molecule has 1 aliphatic rings. The van der Waals surface area contributed by atoms with E-state index in [0.29, 0.717) is 0 Å². The first-order valence-electron chi connectivity index (χ1n) is 5.99. The maximum atomic E-state index is 4.52. The Morgan fingerprint density at radius 2 is 1.94 bits per heavy atom. The lowest BCUT2D eigenvalue weighted by atomic mass is 10.1. The van der Waals surface area contributed by atoms with E-state index >= 15 is 0 Å². The Bertz CT molecular complexity index is 714. The van der Waals surface area contributed by atoms with Crippen molar-refractivity contribution >= 4 is 0 Å². The van der Waals surface area contributed by atoms with E-state index in [9.17, 15) is 0 Å². The molecule has 4 rings (SSSR count). The van der Waals surface area contributed by atoms with Crippen LogP contribution in [0.15, 0.2) is 48.8 Å². The van der Waals surface area contributed by atoms with Crippen molar-refractivity contribution in [2.75, 3.05) is 0 Å². The van der Waals surface area contributed by atoms with Gasteiger partial charge in [-0.15, -0.1) is 0 Å². The fourth-order valence-corrected chi connectivity index (χ4v) is 2.57. The number of benzene rings is 1. The number of H-pyrrole nitrogens is 1. The van der Waals surface area contributed by atoms with E-state index in [1.165, 1.54) is 22.3 Å². The minimum Gasteiger partial charge on any atom is -0.276 e. The van der Waals surface area contributed by atoms with Crippen LogP contribution in [-0.2, 0) is 6.42 Å². The summed E-state index contributed by atoms with van der Waals surface area (Å²) in [4.78, 5) is 4.52. The number of fused-ring (bicyclic) bond motifs is 3. The lowest BCUT2D eigenvalue weighted by molar-refractivity contribution is 1.08. The van der Waals surface area contributed by atoms with Gasteiger partial charge >= 0.3 is 0 Å². The van der Waals surface area contributed by atoms with Crippen molar-refractivity contribution in [2.45, 2.75) is 6.42 Å². The van der Waals surface area contributed by atoms with Gasteiger partial charge in [0.25, 0.3) is 0 Å². The number of aromatic nitrogens is 3. The smallest absolute Gasteiger partial charge is 0.0883 e. The summed E-state index contributed by atoms with van der Waals surface area (Å²) in [5.41, 5.74) is 7.23. The molecule has 3 nitrogen and oxygen atoms in total. The Labute approximate surface area is 105 Å². The highest BCUT2D eigenvalue weighted by molar-refractivity contribution is 5.77. The van der Waals surface area contributed by atoms with Gasteiger partial charge in [-0.25, -0.2) is 0 Å². The van der Waals surface area contributed by atoms with Gasteiger partial charge in [0.05, 0.1) is 11.4 Å². The lowest BCUT2D eigenvalue weighted by Gasteiger charge is -2.02. The third-order valence-corrected chi connectivity index (χ3v) is 3.45. The Kier molecular flexibility index (Phi) is 1.88. The summed E-state index contributed by atoms with van der Waals surface area (Å²) in [5, 5.41) is 6.92. The van der Waals surface area contributed by atoms with Crippen LogP contribution in [0.2, 0.25) is 0 Å². The van der Waals surface area contributed by atoms with Crippen LogP contribution in [0, 0.1) is 0 Å². The average molecular weight is 233 g/mol.